The van der Waals surface area contributed by atoms with Gasteiger partial charge in [0.25, 0.3) is 0 Å². The molecule has 2 aromatic carbocycles. The van der Waals surface area contributed by atoms with E-state index in [1.807, 2.05) is 6.07 Å². The van der Waals surface area contributed by atoms with Crippen molar-refractivity contribution in [3.63, 3.8) is 0 Å². The molecule has 0 radical (unpaired) electrons. The van der Waals surface area contributed by atoms with Crippen LogP contribution in [0.1, 0.15) is 75.8 Å². The highest BCUT2D eigenvalue weighted by atomic mass is 19.1. The zero-order chi connectivity index (χ0) is 20.2. The van der Waals surface area contributed by atoms with Gasteiger partial charge < -0.3 is 0 Å². The fourth-order valence-electron chi connectivity index (χ4n) is 5.69. The van der Waals surface area contributed by atoms with Crippen molar-refractivity contribution in [2.24, 2.45) is 17.8 Å². The molecule has 0 aromatic heterocycles. The van der Waals surface area contributed by atoms with Gasteiger partial charge in [0.2, 0.25) is 0 Å². The lowest BCUT2D eigenvalue weighted by molar-refractivity contribution is 0.183. The van der Waals surface area contributed by atoms with Crippen LogP contribution in [-0.2, 0) is 12.8 Å². The maximum Gasteiger partial charge on any atom is 0.131 e. The number of rotatable bonds is 6. The fraction of sp³-hybridized carbons (Fsp3) is 0.556. The van der Waals surface area contributed by atoms with Gasteiger partial charge in [-0.05, 0) is 90.8 Å². The first-order valence-electron chi connectivity index (χ1n) is 11.7. The van der Waals surface area contributed by atoms with E-state index in [2.05, 4.69) is 6.92 Å². The van der Waals surface area contributed by atoms with E-state index in [9.17, 15) is 8.78 Å². The molecule has 1 unspecified atom stereocenters. The van der Waals surface area contributed by atoms with E-state index < -0.39 is 0 Å². The van der Waals surface area contributed by atoms with Gasteiger partial charge in [0.05, 0.1) is 0 Å². The summed E-state index contributed by atoms with van der Waals surface area (Å²) in [5.74, 6) is 2.04. The number of hydrogen-bond acceptors (Lipinski definition) is 0. The molecule has 156 valence electrons. The van der Waals surface area contributed by atoms with Crippen LogP contribution in [0, 0.1) is 29.4 Å². The quantitative estimate of drug-likeness (QED) is 0.432. The Kier molecular flexibility index (Phi) is 6.67. The molecule has 0 N–H and O–H groups in total. The number of fused-ring (bicyclic) bond motifs is 1. The topological polar surface area (TPSA) is 0 Å². The van der Waals surface area contributed by atoms with Gasteiger partial charge in [0.15, 0.2) is 0 Å². The molecule has 2 aromatic rings. The normalized spacial score (nSPS) is 24.3. The molecule has 4 rings (SSSR count). The second kappa shape index (κ2) is 9.41. The van der Waals surface area contributed by atoms with Gasteiger partial charge in [-0.2, -0.15) is 0 Å². The lowest BCUT2D eigenvalue weighted by atomic mass is 9.69. The van der Waals surface area contributed by atoms with Crippen molar-refractivity contribution in [2.45, 2.75) is 77.6 Å². The third-order valence-electron chi connectivity index (χ3n) is 7.49. The number of halogens is 2. The predicted octanol–water partition coefficient (Wildman–Crippen LogP) is 8.12. The van der Waals surface area contributed by atoms with Crippen molar-refractivity contribution in [1.82, 2.24) is 0 Å². The average molecular weight is 397 g/mol. The van der Waals surface area contributed by atoms with Crippen molar-refractivity contribution < 1.29 is 8.78 Å². The second-order valence-electron chi connectivity index (χ2n) is 9.39. The largest absolute Gasteiger partial charge is 0.207 e. The number of unbranched alkanes of at least 4 members (excludes halogenated alkanes) is 2. The molecule has 0 spiro atoms. The molecule has 1 atom stereocenters. The van der Waals surface area contributed by atoms with Gasteiger partial charge in [0, 0.05) is 5.56 Å². The van der Waals surface area contributed by atoms with Crippen molar-refractivity contribution in [1.29, 1.82) is 0 Å². The van der Waals surface area contributed by atoms with E-state index in [0.717, 1.165) is 36.2 Å². The summed E-state index contributed by atoms with van der Waals surface area (Å²) in [6.45, 7) is 2.28. The van der Waals surface area contributed by atoms with Gasteiger partial charge in [0.1, 0.15) is 11.6 Å². The highest BCUT2D eigenvalue weighted by Gasteiger charge is 2.30. The molecule has 2 aliphatic carbocycles. The molecule has 0 aliphatic heterocycles. The number of aryl methyl sites for hydroxylation is 1. The monoisotopic (exact) mass is 396 g/mol. The van der Waals surface area contributed by atoms with Crippen LogP contribution in [0.25, 0.3) is 11.1 Å². The van der Waals surface area contributed by atoms with Crippen LogP contribution in [0.3, 0.4) is 0 Å². The Balaban J connectivity index is 1.39. The summed E-state index contributed by atoms with van der Waals surface area (Å²) >= 11 is 0. The molecule has 0 saturated heterocycles. The SMILES string of the molecule is CCCCCC1CCC(C2CCc3cc(-c4ccc(F)cc4)c(F)cc3C2)CC1. The fourth-order valence-corrected chi connectivity index (χ4v) is 5.69. The molecule has 0 bridgehead atoms. The minimum atomic E-state index is -0.282. The summed E-state index contributed by atoms with van der Waals surface area (Å²) in [6, 6.07) is 9.93. The minimum Gasteiger partial charge on any atom is -0.207 e. The molecule has 0 heterocycles. The molecule has 2 aliphatic rings. The Morgan fingerprint density at radius 1 is 0.828 bits per heavy atom. The van der Waals surface area contributed by atoms with Gasteiger partial charge >= 0.3 is 0 Å². The van der Waals surface area contributed by atoms with Crippen molar-refractivity contribution in [2.75, 3.05) is 0 Å². The smallest absolute Gasteiger partial charge is 0.131 e. The Morgan fingerprint density at radius 3 is 2.31 bits per heavy atom. The Bertz CT molecular complexity index is 800. The van der Waals surface area contributed by atoms with E-state index in [1.54, 1.807) is 18.2 Å². The molecule has 1 fully saturated rings. The Morgan fingerprint density at radius 2 is 1.59 bits per heavy atom. The van der Waals surface area contributed by atoms with E-state index in [-0.39, 0.29) is 11.6 Å². The molecule has 0 nitrogen and oxygen atoms in total. The van der Waals surface area contributed by atoms with Crippen LogP contribution in [0.15, 0.2) is 36.4 Å². The van der Waals surface area contributed by atoms with Gasteiger partial charge in [-0.15, -0.1) is 0 Å². The molecule has 0 amide bonds. The molecular weight excluding hydrogens is 362 g/mol. The van der Waals surface area contributed by atoms with Crippen molar-refractivity contribution in [3.8, 4) is 11.1 Å². The zero-order valence-electron chi connectivity index (χ0n) is 17.7. The summed E-state index contributed by atoms with van der Waals surface area (Å²) in [5.41, 5.74) is 3.86. The van der Waals surface area contributed by atoms with E-state index in [1.165, 1.54) is 81.0 Å². The van der Waals surface area contributed by atoms with Crippen LogP contribution in [0.4, 0.5) is 8.78 Å². The molecular formula is C27H34F2. The summed E-state index contributed by atoms with van der Waals surface area (Å²) in [6.07, 6.45) is 14.4. The summed E-state index contributed by atoms with van der Waals surface area (Å²) in [7, 11) is 0. The summed E-state index contributed by atoms with van der Waals surface area (Å²) in [5, 5.41) is 0. The Labute approximate surface area is 174 Å². The second-order valence-corrected chi connectivity index (χ2v) is 9.39. The van der Waals surface area contributed by atoms with Crippen LogP contribution in [0.2, 0.25) is 0 Å². The highest BCUT2D eigenvalue weighted by Crippen LogP contribution is 2.41. The van der Waals surface area contributed by atoms with E-state index >= 15 is 0 Å². The Hall–Kier alpha value is -1.70. The third-order valence-corrected chi connectivity index (χ3v) is 7.49. The third kappa shape index (κ3) is 4.90. The van der Waals surface area contributed by atoms with Crippen molar-refractivity contribution >= 4 is 0 Å². The van der Waals surface area contributed by atoms with Crippen LogP contribution in [-0.4, -0.2) is 0 Å². The van der Waals surface area contributed by atoms with E-state index in [4.69, 9.17) is 0 Å². The van der Waals surface area contributed by atoms with Crippen LogP contribution >= 0.6 is 0 Å². The van der Waals surface area contributed by atoms with Crippen LogP contribution < -0.4 is 0 Å². The maximum atomic E-state index is 14.8. The van der Waals surface area contributed by atoms with Crippen LogP contribution in [0.5, 0.6) is 0 Å². The molecule has 1 saturated carbocycles. The number of hydrogen-bond donors (Lipinski definition) is 0. The summed E-state index contributed by atoms with van der Waals surface area (Å²) in [4.78, 5) is 0. The zero-order valence-corrected chi connectivity index (χ0v) is 17.7. The first-order chi connectivity index (χ1) is 14.1. The van der Waals surface area contributed by atoms with E-state index in [0.29, 0.717) is 5.56 Å². The maximum absolute atomic E-state index is 14.8. The lowest BCUT2D eigenvalue weighted by Crippen LogP contribution is -2.26. The number of benzene rings is 2. The van der Waals surface area contributed by atoms with Crippen molar-refractivity contribution in [3.05, 3.63) is 59.2 Å². The highest BCUT2D eigenvalue weighted by molar-refractivity contribution is 5.66. The van der Waals surface area contributed by atoms with Gasteiger partial charge in [-0.1, -0.05) is 57.6 Å². The molecule has 2 heteroatoms. The van der Waals surface area contributed by atoms with Gasteiger partial charge in [-0.25, -0.2) is 8.78 Å². The minimum absolute atomic E-state index is 0.171. The predicted molar refractivity (Wildman–Crippen MR) is 117 cm³/mol. The molecule has 29 heavy (non-hydrogen) atoms. The standard InChI is InChI=1S/C27H34F2/c1-2-3-4-5-19-6-8-20(9-7-19)22-10-11-23-17-26(27(29)18-24(23)16-22)21-12-14-25(28)15-13-21/h12-15,17-20,22H,2-11,16H2,1H3. The van der Waals surface area contributed by atoms with Gasteiger partial charge in [-0.3, -0.25) is 0 Å². The first-order valence-corrected chi connectivity index (χ1v) is 11.7. The average Bonchev–Trinajstić information content (AvgIpc) is 2.74. The first kappa shape index (κ1) is 20.6. The lowest BCUT2D eigenvalue weighted by Gasteiger charge is -2.36. The summed E-state index contributed by atoms with van der Waals surface area (Å²) < 4.78 is 28.0.